The molecule has 0 atom stereocenters. The highest BCUT2D eigenvalue weighted by molar-refractivity contribution is 6.51. The van der Waals surface area contributed by atoms with E-state index < -0.39 is 11.7 Å². The Morgan fingerprint density at radius 2 is 1.76 bits per heavy atom. The Balaban J connectivity index is 2.00. The fraction of sp³-hybridized carbons (Fsp3) is 0.176. The molecule has 0 spiro atoms. The van der Waals surface area contributed by atoms with E-state index in [0.717, 1.165) is 11.4 Å². The van der Waals surface area contributed by atoms with Crippen molar-refractivity contribution in [3.05, 3.63) is 53.1 Å². The van der Waals surface area contributed by atoms with Gasteiger partial charge in [0.1, 0.15) is 0 Å². The van der Waals surface area contributed by atoms with Crippen LogP contribution in [0.25, 0.3) is 0 Å². The van der Waals surface area contributed by atoms with Crippen LogP contribution < -0.4 is 10.2 Å². The molecule has 4 heteroatoms. The zero-order chi connectivity index (χ0) is 15.1. The minimum absolute atomic E-state index is 0.442. The smallest absolute Gasteiger partial charge is 0.296 e. The summed E-state index contributed by atoms with van der Waals surface area (Å²) >= 11 is 0. The lowest BCUT2D eigenvalue weighted by Crippen LogP contribution is -2.12. The standard InChI is InChI=1S/C17H16N2O2/c1-10-4-7-15(11(2)8-10)19(3)12-5-6-13-14(9-12)18-17(21)16(13)20/h4-9H,1-3H3,(H,18,20,21). The molecule has 3 rings (SSSR count). The highest BCUT2D eigenvalue weighted by atomic mass is 16.2. The van der Waals surface area contributed by atoms with Crippen molar-refractivity contribution in [1.29, 1.82) is 0 Å². The van der Waals surface area contributed by atoms with Crippen molar-refractivity contribution in [1.82, 2.24) is 0 Å². The molecule has 1 amide bonds. The van der Waals surface area contributed by atoms with Crippen LogP contribution in [0.4, 0.5) is 17.1 Å². The summed E-state index contributed by atoms with van der Waals surface area (Å²) in [7, 11) is 1.97. The van der Waals surface area contributed by atoms with Crippen LogP contribution in [0.1, 0.15) is 21.5 Å². The Morgan fingerprint density at radius 1 is 1.00 bits per heavy atom. The topological polar surface area (TPSA) is 49.4 Å². The number of ketones is 1. The summed E-state index contributed by atoms with van der Waals surface area (Å²) < 4.78 is 0. The Morgan fingerprint density at radius 3 is 2.48 bits per heavy atom. The normalized spacial score (nSPS) is 13.1. The Kier molecular flexibility index (Phi) is 3.01. The molecule has 21 heavy (non-hydrogen) atoms. The van der Waals surface area contributed by atoms with E-state index in [1.165, 1.54) is 11.1 Å². The number of amides is 1. The van der Waals surface area contributed by atoms with Crippen molar-refractivity contribution >= 4 is 28.8 Å². The summed E-state index contributed by atoms with van der Waals surface area (Å²) in [6.45, 7) is 4.13. The number of fused-ring (bicyclic) bond motifs is 1. The number of benzene rings is 2. The first-order valence-corrected chi connectivity index (χ1v) is 6.78. The maximum atomic E-state index is 11.6. The van der Waals surface area contributed by atoms with Gasteiger partial charge in [-0.3, -0.25) is 9.59 Å². The summed E-state index contributed by atoms with van der Waals surface area (Å²) in [5.41, 5.74) is 5.44. The average molecular weight is 280 g/mol. The van der Waals surface area contributed by atoms with Crippen LogP contribution in [0.2, 0.25) is 0 Å². The molecule has 0 bridgehead atoms. The van der Waals surface area contributed by atoms with Crippen molar-refractivity contribution in [3.8, 4) is 0 Å². The summed E-state index contributed by atoms with van der Waals surface area (Å²) in [6.07, 6.45) is 0. The molecule has 2 aromatic carbocycles. The van der Waals surface area contributed by atoms with Gasteiger partial charge in [-0.25, -0.2) is 0 Å². The van der Waals surface area contributed by atoms with Gasteiger partial charge < -0.3 is 10.2 Å². The van der Waals surface area contributed by atoms with Crippen LogP contribution in [0.15, 0.2) is 36.4 Å². The van der Waals surface area contributed by atoms with E-state index in [9.17, 15) is 9.59 Å². The third-order valence-electron chi connectivity index (χ3n) is 3.80. The molecule has 0 saturated carbocycles. The number of hydrogen-bond acceptors (Lipinski definition) is 3. The lowest BCUT2D eigenvalue weighted by atomic mass is 10.1. The molecule has 106 valence electrons. The highest BCUT2D eigenvalue weighted by Gasteiger charge is 2.28. The lowest BCUT2D eigenvalue weighted by molar-refractivity contribution is -0.112. The summed E-state index contributed by atoms with van der Waals surface area (Å²) in [5, 5.41) is 2.60. The maximum Gasteiger partial charge on any atom is 0.296 e. The van der Waals surface area contributed by atoms with Crippen LogP contribution in [-0.4, -0.2) is 18.7 Å². The molecule has 2 aromatic rings. The molecule has 0 saturated heterocycles. The molecule has 1 heterocycles. The molecule has 1 N–H and O–H groups in total. The number of carbonyl (C=O) groups excluding carboxylic acids is 2. The van der Waals surface area contributed by atoms with Gasteiger partial charge in [-0.05, 0) is 43.7 Å². The first kappa shape index (κ1) is 13.4. The minimum atomic E-state index is -0.559. The molecular formula is C17H16N2O2. The van der Waals surface area contributed by atoms with Crippen molar-refractivity contribution in [2.45, 2.75) is 13.8 Å². The number of anilines is 3. The third kappa shape index (κ3) is 2.18. The van der Waals surface area contributed by atoms with E-state index in [4.69, 9.17) is 0 Å². The summed E-state index contributed by atoms with van der Waals surface area (Å²) in [5.74, 6) is -1.03. The van der Waals surface area contributed by atoms with Crippen molar-refractivity contribution in [2.75, 3.05) is 17.3 Å². The van der Waals surface area contributed by atoms with Gasteiger partial charge in [-0.1, -0.05) is 17.7 Å². The third-order valence-corrected chi connectivity index (χ3v) is 3.80. The number of rotatable bonds is 2. The van der Waals surface area contributed by atoms with Gasteiger partial charge in [-0.15, -0.1) is 0 Å². The van der Waals surface area contributed by atoms with Gasteiger partial charge in [0.15, 0.2) is 0 Å². The second-order valence-corrected chi connectivity index (χ2v) is 5.36. The zero-order valence-corrected chi connectivity index (χ0v) is 12.2. The largest absolute Gasteiger partial charge is 0.344 e. The fourth-order valence-corrected chi connectivity index (χ4v) is 2.66. The molecule has 4 nitrogen and oxygen atoms in total. The van der Waals surface area contributed by atoms with Crippen molar-refractivity contribution < 1.29 is 9.59 Å². The molecular weight excluding hydrogens is 264 g/mol. The number of nitrogens with one attached hydrogen (secondary N) is 1. The maximum absolute atomic E-state index is 11.6. The molecule has 0 fully saturated rings. The number of Topliss-reactive ketones (excluding diaryl/α,β-unsaturated/α-hetero) is 1. The van der Waals surface area contributed by atoms with Gasteiger partial charge in [0.05, 0.1) is 11.3 Å². The molecule has 0 aromatic heterocycles. The van der Waals surface area contributed by atoms with Gasteiger partial charge in [0, 0.05) is 18.4 Å². The number of carbonyl (C=O) groups is 2. The first-order valence-electron chi connectivity index (χ1n) is 6.78. The number of nitrogens with zero attached hydrogens (tertiary/aromatic N) is 1. The zero-order valence-electron chi connectivity index (χ0n) is 12.2. The fourth-order valence-electron chi connectivity index (χ4n) is 2.66. The van der Waals surface area contributed by atoms with Crippen LogP contribution in [-0.2, 0) is 4.79 Å². The summed E-state index contributed by atoms with van der Waals surface area (Å²) in [4.78, 5) is 25.1. The molecule has 1 aliphatic heterocycles. The van der Waals surface area contributed by atoms with E-state index in [2.05, 4.69) is 37.4 Å². The quantitative estimate of drug-likeness (QED) is 0.859. The van der Waals surface area contributed by atoms with Gasteiger partial charge in [0.2, 0.25) is 0 Å². The van der Waals surface area contributed by atoms with E-state index in [0.29, 0.717) is 11.3 Å². The number of hydrogen-bond donors (Lipinski definition) is 1. The summed E-state index contributed by atoms with van der Waals surface area (Å²) in [6, 6.07) is 11.7. The van der Waals surface area contributed by atoms with Crippen molar-refractivity contribution in [3.63, 3.8) is 0 Å². The SMILES string of the molecule is Cc1ccc(N(C)c2ccc3c(c2)NC(=O)C3=O)c(C)c1. The monoisotopic (exact) mass is 280 g/mol. The van der Waals surface area contributed by atoms with Crippen LogP contribution >= 0.6 is 0 Å². The number of aryl methyl sites for hydroxylation is 2. The first-order chi connectivity index (χ1) is 9.97. The molecule has 0 aliphatic carbocycles. The average Bonchev–Trinajstić information content (AvgIpc) is 2.73. The Hall–Kier alpha value is -2.62. The Labute approximate surface area is 123 Å². The minimum Gasteiger partial charge on any atom is -0.344 e. The van der Waals surface area contributed by atoms with E-state index in [1.807, 2.05) is 24.1 Å². The van der Waals surface area contributed by atoms with Crippen LogP contribution in [0, 0.1) is 13.8 Å². The highest BCUT2D eigenvalue weighted by Crippen LogP contribution is 2.32. The molecule has 0 unspecified atom stereocenters. The van der Waals surface area contributed by atoms with Crippen LogP contribution in [0.5, 0.6) is 0 Å². The van der Waals surface area contributed by atoms with Crippen molar-refractivity contribution in [2.24, 2.45) is 0 Å². The molecule has 0 radical (unpaired) electrons. The second kappa shape index (κ2) is 4.74. The van der Waals surface area contributed by atoms with Gasteiger partial charge >= 0.3 is 0 Å². The Bertz CT molecular complexity index is 765. The van der Waals surface area contributed by atoms with E-state index >= 15 is 0 Å². The van der Waals surface area contributed by atoms with Crippen LogP contribution in [0.3, 0.4) is 0 Å². The predicted molar refractivity (Wildman–Crippen MR) is 83.4 cm³/mol. The lowest BCUT2D eigenvalue weighted by Gasteiger charge is -2.22. The van der Waals surface area contributed by atoms with Gasteiger partial charge in [0.25, 0.3) is 11.7 Å². The predicted octanol–water partition coefficient (Wildman–Crippen LogP) is 3.21. The van der Waals surface area contributed by atoms with Gasteiger partial charge in [-0.2, -0.15) is 0 Å². The van der Waals surface area contributed by atoms with E-state index in [1.54, 1.807) is 6.07 Å². The van der Waals surface area contributed by atoms with E-state index in [-0.39, 0.29) is 0 Å². The second-order valence-electron chi connectivity index (χ2n) is 5.36. The molecule has 1 aliphatic rings.